The van der Waals surface area contributed by atoms with Gasteiger partial charge in [0.1, 0.15) is 5.75 Å². The quantitative estimate of drug-likeness (QED) is 0.487. The summed E-state index contributed by atoms with van der Waals surface area (Å²) >= 11 is 0. The lowest BCUT2D eigenvalue weighted by atomic mass is 10.0. The highest BCUT2D eigenvalue weighted by Gasteiger charge is 2.20. The number of nitrogens with zero attached hydrogens (tertiary/aromatic N) is 4. The van der Waals surface area contributed by atoms with Crippen LogP contribution in [0.4, 0.5) is 9.59 Å². The van der Waals surface area contributed by atoms with Gasteiger partial charge in [0.2, 0.25) is 5.88 Å². The molecular formula is C21H25N7O3. The summed E-state index contributed by atoms with van der Waals surface area (Å²) in [6, 6.07) is 10.2. The number of carbonyl (C=O) groups is 2. The molecule has 3 N–H and O–H groups in total. The number of amides is 4. The molecule has 0 bridgehead atoms. The van der Waals surface area contributed by atoms with Crippen LogP contribution in [0.25, 0.3) is 0 Å². The van der Waals surface area contributed by atoms with Crippen molar-refractivity contribution in [3.8, 4) is 11.6 Å². The Balaban J connectivity index is 1.55. The molecule has 31 heavy (non-hydrogen) atoms. The summed E-state index contributed by atoms with van der Waals surface area (Å²) in [6.07, 6.45) is 1.61. The molecule has 4 amide bonds. The number of rotatable bonds is 6. The van der Waals surface area contributed by atoms with Gasteiger partial charge in [0.15, 0.2) is 0 Å². The van der Waals surface area contributed by atoms with E-state index < -0.39 is 12.1 Å². The van der Waals surface area contributed by atoms with Gasteiger partial charge in [-0.15, -0.1) is 0 Å². The van der Waals surface area contributed by atoms with E-state index in [0.29, 0.717) is 34.5 Å². The van der Waals surface area contributed by atoms with Crippen LogP contribution in [0.1, 0.15) is 44.7 Å². The number of ether oxygens (including phenoxy) is 1. The summed E-state index contributed by atoms with van der Waals surface area (Å²) < 4.78 is 5.77. The minimum Gasteiger partial charge on any atom is -0.439 e. The van der Waals surface area contributed by atoms with E-state index in [1.165, 1.54) is 5.56 Å². The maximum Gasteiger partial charge on any atom is 0.356 e. The van der Waals surface area contributed by atoms with Crippen molar-refractivity contribution in [1.82, 2.24) is 26.3 Å². The van der Waals surface area contributed by atoms with Crippen LogP contribution in [0.3, 0.4) is 0 Å². The third kappa shape index (κ3) is 6.01. The molecule has 162 valence electrons. The Kier molecular flexibility index (Phi) is 6.81. The Bertz CT molecular complexity index is 999. The predicted octanol–water partition coefficient (Wildman–Crippen LogP) is 3.34. The second kappa shape index (κ2) is 9.70. The first-order chi connectivity index (χ1) is 14.8. The Morgan fingerprint density at radius 1 is 1.23 bits per heavy atom. The second-order valence-corrected chi connectivity index (χ2v) is 7.31. The van der Waals surface area contributed by atoms with Crippen molar-refractivity contribution in [2.75, 3.05) is 6.54 Å². The van der Waals surface area contributed by atoms with Gasteiger partial charge < -0.3 is 4.74 Å². The van der Waals surface area contributed by atoms with Crippen LogP contribution in [0.15, 0.2) is 52.8 Å². The summed E-state index contributed by atoms with van der Waals surface area (Å²) in [6.45, 7) is 7.92. The van der Waals surface area contributed by atoms with Gasteiger partial charge in [-0.1, -0.05) is 26.0 Å². The predicted molar refractivity (Wildman–Crippen MR) is 117 cm³/mol. The fraction of sp³-hybridized carbons (Fsp3) is 0.286. The molecule has 2 aromatic rings. The molecule has 0 saturated carbocycles. The van der Waals surface area contributed by atoms with Gasteiger partial charge in [0, 0.05) is 17.8 Å². The van der Waals surface area contributed by atoms with Crippen LogP contribution in [-0.4, -0.2) is 40.0 Å². The molecule has 3 rings (SSSR count). The highest BCUT2D eigenvalue weighted by molar-refractivity contribution is 5.99. The van der Waals surface area contributed by atoms with Gasteiger partial charge in [0.25, 0.3) is 0 Å². The van der Waals surface area contributed by atoms with Crippen molar-refractivity contribution in [3.05, 3.63) is 53.7 Å². The molecular weight excluding hydrogens is 398 g/mol. The van der Waals surface area contributed by atoms with Gasteiger partial charge in [-0.3, -0.25) is 0 Å². The first-order valence-corrected chi connectivity index (χ1v) is 9.77. The van der Waals surface area contributed by atoms with E-state index in [1.807, 2.05) is 24.3 Å². The lowest BCUT2D eigenvalue weighted by Gasteiger charge is -2.25. The smallest absolute Gasteiger partial charge is 0.356 e. The number of hydrogen-bond donors (Lipinski definition) is 3. The van der Waals surface area contributed by atoms with Gasteiger partial charge in [-0.05, 0) is 43.5 Å². The zero-order valence-corrected chi connectivity index (χ0v) is 17.8. The molecule has 1 aliphatic heterocycles. The number of benzene rings is 1. The van der Waals surface area contributed by atoms with E-state index in [4.69, 9.17) is 4.74 Å². The molecule has 0 fully saturated rings. The van der Waals surface area contributed by atoms with Crippen LogP contribution in [0.2, 0.25) is 0 Å². The summed E-state index contributed by atoms with van der Waals surface area (Å²) in [7, 11) is 0. The second-order valence-electron chi connectivity index (χ2n) is 7.31. The minimum absolute atomic E-state index is 0.188. The summed E-state index contributed by atoms with van der Waals surface area (Å²) in [5, 5.41) is 8.92. The van der Waals surface area contributed by atoms with E-state index >= 15 is 0 Å². The molecule has 0 radical (unpaired) electrons. The van der Waals surface area contributed by atoms with E-state index in [-0.39, 0.29) is 6.54 Å². The molecule has 0 spiro atoms. The van der Waals surface area contributed by atoms with Crippen LogP contribution < -0.4 is 21.0 Å². The van der Waals surface area contributed by atoms with E-state index in [9.17, 15) is 9.59 Å². The highest BCUT2D eigenvalue weighted by atomic mass is 16.5. The van der Waals surface area contributed by atoms with E-state index in [0.717, 1.165) is 5.01 Å². The van der Waals surface area contributed by atoms with Gasteiger partial charge in [0.05, 0.1) is 18.0 Å². The maximum atomic E-state index is 12.0. The van der Waals surface area contributed by atoms with Gasteiger partial charge in [-0.25, -0.2) is 35.9 Å². The fourth-order valence-electron chi connectivity index (χ4n) is 2.67. The molecule has 1 aromatic heterocycles. The van der Waals surface area contributed by atoms with Crippen molar-refractivity contribution in [2.45, 2.75) is 33.6 Å². The van der Waals surface area contributed by atoms with Crippen molar-refractivity contribution in [1.29, 1.82) is 0 Å². The number of hydrazone groups is 2. The molecule has 0 saturated heterocycles. The third-order valence-corrected chi connectivity index (χ3v) is 4.46. The Morgan fingerprint density at radius 2 is 1.97 bits per heavy atom. The Labute approximate surface area is 180 Å². The van der Waals surface area contributed by atoms with Gasteiger partial charge in [-0.2, -0.15) is 10.2 Å². The molecule has 10 nitrogen and oxygen atoms in total. The highest BCUT2D eigenvalue weighted by Crippen LogP contribution is 2.22. The first kappa shape index (κ1) is 21.8. The maximum absolute atomic E-state index is 12.0. The van der Waals surface area contributed by atoms with Crippen LogP contribution in [0.5, 0.6) is 11.6 Å². The number of hydrazine groups is 1. The number of nitrogens with one attached hydrogen (secondary N) is 3. The molecule has 0 aliphatic carbocycles. The van der Waals surface area contributed by atoms with Crippen molar-refractivity contribution >= 4 is 23.5 Å². The average molecular weight is 423 g/mol. The van der Waals surface area contributed by atoms with Gasteiger partial charge >= 0.3 is 12.1 Å². The van der Waals surface area contributed by atoms with E-state index in [1.54, 1.807) is 32.2 Å². The van der Waals surface area contributed by atoms with Crippen molar-refractivity contribution in [3.63, 3.8) is 0 Å². The molecule has 0 unspecified atom stereocenters. The topological polar surface area (TPSA) is 120 Å². The van der Waals surface area contributed by atoms with Crippen molar-refractivity contribution < 1.29 is 14.3 Å². The summed E-state index contributed by atoms with van der Waals surface area (Å²) in [5.74, 6) is 1.61. The number of hydrogen-bond acceptors (Lipinski definition) is 6. The lowest BCUT2D eigenvalue weighted by Crippen LogP contribution is -2.56. The number of urea groups is 2. The Morgan fingerprint density at radius 3 is 2.61 bits per heavy atom. The summed E-state index contributed by atoms with van der Waals surface area (Å²) in [5.41, 5.74) is 10.2. The average Bonchev–Trinajstić information content (AvgIpc) is 2.75. The number of aromatic nitrogens is 1. The third-order valence-electron chi connectivity index (χ3n) is 4.46. The normalized spacial score (nSPS) is 14.1. The minimum atomic E-state index is -0.651. The largest absolute Gasteiger partial charge is 0.439 e. The summed E-state index contributed by atoms with van der Waals surface area (Å²) in [4.78, 5) is 27.9. The van der Waals surface area contributed by atoms with E-state index in [2.05, 4.69) is 45.3 Å². The SMILES string of the molecule is CC1=NNC(=O)N(NC(=O)N/N=C(\C)c2ccc(Oc3ccc(C(C)C)cc3)nc2)C1. The zero-order chi connectivity index (χ0) is 22.4. The van der Waals surface area contributed by atoms with Crippen molar-refractivity contribution in [2.24, 2.45) is 10.2 Å². The van der Waals surface area contributed by atoms with Crippen LogP contribution in [0, 0.1) is 0 Å². The first-order valence-electron chi connectivity index (χ1n) is 9.77. The Hall–Kier alpha value is -3.95. The standard InChI is InChI=1S/C21H25N7O3/c1-13(2)16-5-8-18(9-6-16)31-19-10-7-17(11-22-19)15(4)24-25-20(29)27-28-12-14(3)23-26-21(28)30/h5-11,13H,12H2,1-4H3,(H,26,30)(H2,25,27,29)/b24-15+. The zero-order valence-electron chi connectivity index (χ0n) is 17.8. The number of pyridine rings is 1. The van der Waals surface area contributed by atoms with Crippen LogP contribution in [-0.2, 0) is 0 Å². The number of carbonyl (C=O) groups excluding carboxylic acids is 2. The van der Waals surface area contributed by atoms with Crippen LogP contribution >= 0.6 is 0 Å². The molecule has 2 heterocycles. The molecule has 1 aromatic carbocycles. The molecule has 10 heteroatoms. The molecule has 1 aliphatic rings. The molecule has 0 atom stereocenters. The monoisotopic (exact) mass is 423 g/mol. The fourth-order valence-corrected chi connectivity index (χ4v) is 2.67. The lowest BCUT2D eigenvalue weighted by molar-refractivity contribution is 0.173.